The summed E-state index contributed by atoms with van der Waals surface area (Å²) in [7, 11) is 3.77. The van der Waals surface area contributed by atoms with Crippen LogP contribution in [0.3, 0.4) is 0 Å². The Balaban J connectivity index is 1.56. The zero-order chi connectivity index (χ0) is 25.1. The highest BCUT2D eigenvalue weighted by atomic mass is 32.1. The van der Waals surface area contributed by atoms with Gasteiger partial charge < -0.3 is 14.4 Å². The molecule has 1 unspecified atom stereocenters. The number of fused-ring (bicyclic) bond motifs is 3. The van der Waals surface area contributed by atoms with E-state index >= 15 is 0 Å². The molecule has 0 bridgehead atoms. The zero-order valence-electron chi connectivity index (χ0n) is 20.5. The smallest absolute Gasteiger partial charge is 0.359 e. The second-order valence-corrected chi connectivity index (χ2v) is 10.3. The van der Waals surface area contributed by atoms with Gasteiger partial charge in [-0.25, -0.2) is 14.8 Å². The normalized spacial score (nSPS) is 18.5. The fourth-order valence-electron chi connectivity index (χ4n) is 5.70. The summed E-state index contributed by atoms with van der Waals surface area (Å²) in [5.74, 6) is 0.331. The van der Waals surface area contributed by atoms with Gasteiger partial charge in [0.2, 0.25) is 5.60 Å². The number of rotatable bonds is 4. The number of aromatic nitrogens is 3. The first-order chi connectivity index (χ1) is 18.1. The summed E-state index contributed by atoms with van der Waals surface area (Å²) in [6, 6.07) is 18.1. The summed E-state index contributed by atoms with van der Waals surface area (Å²) in [4.78, 5) is 25.9. The van der Waals surface area contributed by atoms with Gasteiger partial charge in [-0.15, -0.1) is 11.3 Å². The minimum atomic E-state index is -1.21. The van der Waals surface area contributed by atoms with Gasteiger partial charge in [0.15, 0.2) is 10.7 Å². The molecule has 0 N–H and O–H groups in total. The Bertz CT molecular complexity index is 1670. The van der Waals surface area contributed by atoms with Crippen molar-refractivity contribution in [2.45, 2.75) is 18.4 Å². The van der Waals surface area contributed by atoms with E-state index in [1.807, 2.05) is 52.4 Å². The highest BCUT2D eigenvalue weighted by Gasteiger charge is 2.53. The van der Waals surface area contributed by atoms with Gasteiger partial charge in [-0.1, -0.05) is 12.1 Å². The molecule has 0 fully saturated rings. The number of aryl methyl sites for hydroxylation is 1. The van der Waals surface area contributed by atoms with E-state index in [-0.39, 0.29) is 0 Å². The Hall–Kier alpha value is -4.17. The molecule has 0 amide bonds. The number of carbonyl (C=O) groups is 1. The third-order valence-corrected chi connectivity index (χ3v) is 8.18. The number of nitrogens with zero attached hydrogens (tertiary/aromatic N) is 4. The second-order valence-electron chi connectivity index (χ2n) is 9.43. The maximum absolute atomic E-state index is 13.4. The van der Waals surface area contributed by atoms with Gasteiger partial charge in [0.05, 0.1) is 12.8 Å². The molecule has 5 heterocycles. The highest BCUT2D eigenvalue weighted by molar-refractivity contribution is 7.15. The predicted molar refractivity (Wildman–Crippen MR) is 143 cm³/mol. The summed E-state index contributed by atoms with van der Waals surface area (Å²) in [5, 5.41) is 2.00. The maximum atomic E-state index is 13.4. The lowest BCUT2D eigenvalue weighted by molar-refractivity contribution is 0.0235. The van der Waals surface area contributed by atoms with Crippen molar-refractivity contribution in [2.75, 3.05) is 25.6 Å². The van der Waals surface area contributed by atoms with E-state index in [0.717, 1.165) is 58.2 Å². The maximum Gasteiger partial charge on any atom is 0.359 e. The number of hydrogen-bond acceptors (Lipinski definition) is 7. The molecule has 0 aliphatic carbocycles. The van der Waals surface area contributed by atoms with Crippen LogP contribution in [0.2, 0.25) is 0 Å². The Morgan fingerprint density at radius 1 is 1.11 bits per heavy atom. The number of pyridine rings is 1. The fourth-order valence-corrected chi connectivity index (χ4v) is 6.41. The number of anilines is 1. The minimum Gasteiger partial charge on any atom is -0.497 e. The standard InChI is InChI=1S/C29H24N4O3S/c1-32-14-4-5-19-17-20(9-12-23(19)32)29(22-6-3-13-30-25(22)27(34)36-29)26-24(31-28-33(26)15-16-37-28)18-7-10-21(35-2)11-8-18/h3,6-13,15-17H,4-5,14H2,1-2H3. The molecule has 8 heteroatoms. The summed E-state index contributed by atoms with van der Waals surface area (Å²) >= 11 is 1.55. The molecule has 2 aromatic carbocycles. The van der Waals surface area contributed by atoms with Crippen LogP contribution in [0.15, 0.2) is 72.4 Å². The highest BCUT2D eigenvalue weighted by Crippen LogP contribution is 2.50. The molecule has 2 aliphatic heterocycles. The second kappa shape index (κ2) is 8.18. The largest absolute Gasteiger partial charge is 0.497 e. The number of cyclic esters (lactones) is 1. The van der Waals surface area contributed by atoms with Crippen LogP contribution in [-0.2, 0) is 16.8 Å². The quantitative estimate of drug-likeness (QED) is 0.307. The van der Waals surface area contributed by atoms with Crippen molar-refractivity contribution in [3.63, 3.8) is 0 Å². The number of carbonyl (C=O) groups excluding carboxylic acids is 1. The Labute approximate surface area is 217 Å². The zero-order valence-corrected chi connectivity index (χ0v) is 21.3. The van der Waals surface area contributed by atoms with Crippen molar-refractivity contribution < 1.29 is 14.3 Å². The van der Waals surface area contributed by atoms with Crippen LogP contribution < -0.4 is 9.64 Å². The Morgan fingerprint density at radius 3 is 2.81 bits per heavy atom. The van der Waals surface area contributed by atoms with Gasteiger partial charge in [-0.05, 0) is 60.9 Å². The van der Waals surface area contributed by atoms with Crippen LogP contribution in [0.25, 0.3) is 16.2 Å². The summed E-state index contributed by atoms with van der Waals surface area (Å²) in [6.45, 7) is 1.03. The fraction of sp³-hybridized carbons (Fsp3) is 0.207. The molecule has 1 atom stereocenters. The molecule has 0 spiro atoms. The van der Waals surface area contributed by atoms with Gasteiger partial charge in [-0.3, -0.25) is 4.40 Å². The van der Waals surface area contributed by atoms with E-state index in [4.69, 9.17) is 14.5 Å². The number of imidazole rings is 1. The van der Waals surface area contributed by atoms with E-state index in [1.165, 1.54) is 11.3 Å². The Kier molecular flexibility index (Phi) is 4.87. The van der Waals surface area contributed by atoms with Gasteiger partial charge in [0.1, 0.15) is 11.4 Å². The monoisotopic (exact) mass is 508 g/mol. The predicted octanol–water partition coefficient (Wildman–Crippen LogP) is 5.31. The van der Waals surface area contributed by atoms with E-state index in [0.29, 0.717) is 5.69 Å². The molecule has 0 saturated carbocycles. The molecule has 7 rings (SSSR count). The van der Waals surface area contributed by atoms with Gasteiger partial charge >= 0.3 is 5.97 Å². The van der Waals surface area contributed by atoms with Crippen LogP contribution in [0.5, 0.6) is 5.75 Å². The average Bonchev–Trinajstić information content (AvgIpc) is 3.61. The van der Waals surface area contributed by atoms with Gasteiger partial charge in [-0.2, -0.15) is 0 Å². The molecule has 37 heavy (non-hydrogen) atoms. The summed E-state index contributed by atoms with van der Waals surface area (Å²) < 4.78 is 13.9. The molecular weight excluding hydrogens is 484 g/mol. The summed E-state index contributed by atoms with van der Waals surface area (Å²) in [6.07, 6.45) is 5.68. The van der Waals surface area contributed by atoms with E-state index in [1.54, 1.807) is 24.6 Å². The number of hydrogen-bond donors (Lipinski definition) is 0. The molecule has 5 aromatic rings. The number of esters is 1. The van der Waals surface area contributed by atoms with Crippen molar-refractivity contribution in [3.8, 4) is 17.0 Å². The van der Waals surface area contributed by atoms with Crippen LogP contribution in [-0.4, -0.2) is 41.0 Å². The molecule has 2 aliphatic rings. The lowest BCUT2D eigenvalue weighted by Gasteiger charge is -2.33. The lowest BCUT2D eigenvalue weighted by Crippen LogP contribution is -2.32. The minimum absolute atomic E-state index is 0.336. The molecule has 184 valence electrons. The molecule has 0 radical (unpaired) electrons. The molecular formula is C29H24N4O3S. The van der Waals surface area contributed by atoms with Crippen molar-refractivity contribution in [1.29, 1.82) is 0 Å². The van der Waals surface area contributed by atoms with Crippen LogP contribution in [0.1, 0.15) is 39.3 Å². The topological polar surface area (TPSA) is 69.0 Å². The molecule has 7 nitrogen and oxygen atoms in total. The Morgan fingerprint density at radius 2 is 1.97 bits per heavy atom. The van der Waals surface area contributed by atoms with Crippen molar-refractivity contribution in [3.05, 3.63) is 100 Å². The molecule has 3 aromatic heterocycles. The third-order valence-electron chi connectivity index (χ3n) is 7.42. The first-order valence-corrected chi connectivity index (χ1v) is 13.1. The third kappa shape index (κ3) is 3.15. The average molecular weight is 509 g/mol. The number of methoxy groups -OCH3 is 1. The van der Waals surface area contributed by atoms with Crippen LogP contribution in [0.4, 0.5) is 5.69 Å². The number of ether oxygens (including phenoxy) is 2. The first kappa shape index (κ1) is 22.1. The van der Waals surface area contributed by atoms with E-state index < -0.39 is 11.6 Å². The molecule has 0 saturated heterocycles. The van der Waals surface area contributed by atoms with E-state index in [9.17, 15) is 4.79 Å². The number of thiazole rings is 1. The lowest BCUT2D eigenvalue weighted by atomic mass is 9.80. The van der Waals surface area contributed by atoms with Gasteiger partial charge in [0.25, 0.3) is 0 Å². The first-order valence-electron chi connectivity index (χ1n) is 12.2. The van der Waals surface area contributed by atoms with Crippen LogP contribution in [0, 0.1) is 0 Å². The van der Waals surface area contributed by atoms with Crippen molar-refractivity contribution in [1.82, 2.24) is 14.4 Å². The van der Waals surface area contributed by atoms with Crippen molar-refractivity contribution in [2.24, 2.45) is 0 Å². The SMILES string of the molecule is COc1ccc(-c2nc3sccn3c2C2(c3ccc4c(c3)CCCN4C)OC(=O)c3ncccc32)cc1. The number of benzene rings is 2. The van der Waals surface area contributed by atoms with Crippen LogP contribution >= 0.6 is 11.3 Å². The summed E-state index contributed by atoms with van der Waals surface area (Å²) in [5.41, 5.74) is 5.67. The van der Waals surface area contributed by atoms with Crippen molar-refractivity contribution >= 4 is 28.0 Å². The van der Waals surface area contributed by atoms with Gasteiger partial charge in [0, 0.05) is 53.7 Å². The van der Waals surface area contributed by atoms with E-state index in [2.05, 4.69) is 35.1 Å².